The number of amides is 1. The summed E-state index contributed by atoms with van der Waals surface area (Å²) in [5, 5.41) is 0.625. The molecule has 4 rings (SSSR count). The Bertz CT molecular complexity index is 997. The molecule has 128 valence electrons. The number of rotatable bonds is 3. The second kappa shape index (κ2) is 7.51. The van der Waals surface area contributed by atoms with Gasteiger partial charge in [0.05, 0.1) is 16.3 Å². The number of halogens is 1. The Hall–Kier alpha value is -2.32. The van der Waals surface area contributed by atoms with Gasteiger partial charge in [-0.1, -0.05) is 36.4 Å². The summed E-state index contributed by atoms with van der Waals surface area (Å²) in [4.78, 5) is 19.9. The van der Waals surface area contributed by atoms with Crippen LogP contribution in [0, 0.1) is 3.77 Å². The lowest BCUT2D eigenvalue weighted by molar-refractivity contribution is -0.113. The average molecular weight is 472 g/mol. The number of hydrogen-bond acceptors (Lipinski definition) is 4. The monoisotopic (exact) mass is 472 g/mol. The van der Waals surface area contributed by atoms with E-state index in [0.29, 0.717) is 15.8 Å². The first-order chi connectivity index (χ1) is 12.7. The van der Waals surface area contributed by atoms with Gasteiger partial charge < -0.3 is 4.42 Å². The topological polar surface area (TPSA) is 45.8 Å². The Morgan fingerprint density at radius 3 is 2.31 bits per heavy atom. The smallest absolute Gasteiger partial charge is 0.271 e. The molecule has 2 heterocycles. The maximum absolute atomic E-state index is 13.0. The van der Waals surface area contributed by atoms with Crippen molar-refractivity contribution >= 4 is 62.9 Å². The first-order valence-corrected chi connectivity index (χ1v) is 9.78. The van der Waals surface area contributed by atoms with Gasteiger partial charge in [-0.3, -0.25) is 9.69 Å². The van der Waals surface area contributed by atoms with Crippen LogP contribution >= 0.6 is 34.4 Å². The molecule has 1 aliphatic rings. The summed E-state index contributed by atoms with van der Waals surface area (Å²) in [5.74, 6) is 0.543. The molecule has 0 atom stereocenters. The summed E-state index contributed by atoms with van der Waals surface area (Å²) in [6, 6.07) is 22.9. The van der Waals surface area contributed by atoms with E-state index in [-0.39, 0.29) is 5.91 Å². The number of carbonyl (C=O) groups is 1. The highest BCUT2D eigenvalue weighted by Gasteiger charge is 2.34. The van der Waals surface area contributed by atoms with E-state index < -0.39 is 0 Å². The summed E-state index contributed by atoms with van der Waals surface area (Å²) in [6.45, 7) is 0. The molecule has 0 aliphatic carbocycles. The summed E-state index contributed by atoms with van der Waals surface area (Å²) in [7, 11) is 0. The molecule has 4 nitrogen and oxygen atoms in total. The number of benzene rings is 2. The van der Waals surface area contributed by atoms with Crippen LogP contribution in [0.15, 0.2) is 87.1 Å². The van der Waals surface area contributed by atoms with Gasteiger partial charge in [-0.15, -0.1) is 0 Å². The van der Waals surface area contributed by atoms with Crippen LogP contribution in [0.4, 0.5) is 11.4 Å². The predicted octanol–water partition coefficient (Wildman–Crippen LogP) is 5.69. The SMILES string of the molecule is O=C1/C(=C/c2ccc(I)o2)SC(=Nc2ccccc2)N1c1ccccc1. The van der Waals surface area contributed by atoms with Crippen molar-refractivity contribution in [3.8, 4) is 0 Å². The quantitative estimate of drug-likeness (QED) is 0.363. The second-order valence-electron chi connectivity index (χ2n) is 5.46. The van der Waals surface area contributed by atoms with Crippen molar-refractivity contribution in [2.24, 2.45) is 4.99 Å². The standard InChI is InChI=1S/C20H13IN2O2S/c21-18-12-11-16(25-18)13-17-19(24)23(15-9-5-2-6-10-15)20(26-17)22-14-7-3-1-4-8-14/h1-13H/b17-13-,22-20?. The molecule has 1 fully saturated rings. The number of para-hydroxylation sites is 2. The molecule has 0 radical (unpaired) electrons. The number of anilines is 1. The number of nitrogens with zero attached hydrogens (tertiary/aromatic N) is 2. The highest BCUT2D eigenvalue weighted by Crippen LogP contribution is 2.37. The Balaban J connectivity index is 1.77. The Morgan fingerprint density at radius 1 is 0.962 bits per heavy atom. The summed E-state index contributed by atoms with van der Waals surface area (Å²) < 4.78 is 6.36. The van der Waals surface area contributed by atoms with Crippen molar-refractivity contribution in [2.45, 2.75) is 0 Å². The van der Waals surface area contributed by atoms with Gasteiger partial charge in [0, 0.05) is 6.08 Å². The second-order valence-corrected chi connectivity index (χ2v) is 7.53. The lowest BCUT2D eigenvalue weighted by Crippen LogP contribution is -2.28. The van der Waals surface area contributed by atoms with Gasteiger partial charge in [-0.05, 0) is 70.8 Å². The number of thioether (sulfide) groups is 1. The largest absolute Gasteiger partial charge is 0.451 e. The van der Waals surface area contributed by atoms with Crippen LogP contribution in [0.5, 0.6) is 0 Å². The summed E-state index contributed by atoms with van der Waals surface area (Å²) >= 11 is 3.45. The molecule has 0 unspecified atom stereocenters. The zero-order valence-electron chi connectivity index (χ0n) is 13.5. The average Bonchev–Trinajstić information content (AvgIpc) is 3.20. The van der Waals surface area contributed by atoms with Crippen molar-refractivity contribution in [2.75, 3.05) is 4.90 Å². The maximum atomic E-state index is 13.0. The fraction of sp³-hybridized carbons (Fsp3) is 0. The van der Waals surface area contributed by atoms with Crippen LogP contribution in [0.1, 0.15) is 5.76 Å². The Kier molecular flexibility index (Phi) is 4.94. The molecule has 2 aromatic carbocycles. The van der Waals surface area contributed by atoms with E-state index in [1.54, 1.807) is 11.0 Å². The number of hydrogen-bond donors (Lipinski definition) is 0. The van der Waals surface area contributed by atoms with Crippen molar-refractivity contribution < 1.29 is 9.21 Å². The first kappa shape index (κ1) is 17.1. The molecule has 1 saturated heterocycles. The highest BCUT2D eigenvalue weighted by molar-refractivity contribution is 14.1. The van der Waals surface area contributed by atoms with Crippen LogP contribution in [0.25, 0.3) is 6.08 Å². The summed E-state index contributed by atoms with van der Waals surface area (Å²) in [5.41, 5.74) is 1.59. The molecule has 0 spiro atoms. The van der Waals surface area contributed by atoms with Crippen LogP contribution in [0.3, 0.4) is 0 Å². The van der Waals surface area contributed by atoms with E-state index in [9.17, 15) is 4.79 Å². The van der Waals surface area contributed by atoms with Gasteiger partial charge in [0.2, 0.25) is 0 Å². The summed E-state index contributed by atoms with van der Waals surface area (Å²) in [6.07, 6.45) is 1.76. The minimum absolute atomic E-state index is 0.109. The van der Waals surface area contributed by atoms with Crippen LogP contribution in [-0.4, -0.2) is 11.1 Å². The zero-order valence-corrected chi connectivity index (χ0v) is 16.5. The highest BCUT2D eigenvalue weighted by atomic mass is 127. The van der Waals surface area contributed by atoms with E-state index in [1.807, 2.05) is 72.8 Å². The first-order valence-electron chi connectivity index (χ1n) is 7.89. The molecule has 1 aliphatic heterocycles. The molecular formula is C20H13IN2O2S. The zero-order chi connectivity index (χ0) is 17.9. The van der Waals surface area contributed by atoms with Crippen LogP contribution < -0.4 is 4.90 Å². The van der Waals surface area contributed by atoms with E-state index in [2.05, 4.69) is 27.6 Å². The lowest BCUT2D eigenvalue weighted by atomic mass is 10.3. The predicted molar refractivity (Wildman–Crippen MR) is 114 cm³/mol. The van der Waals surface area contributed by atoms with Gasteiger partial charge in [-0.25, -0.2) is 4.99 Å². The molecule has 3 aromatic rings. The molecule has 26 heavy (non-hydrogen) atoms. The molecule has 0 bridgehead atoms. The number of amidine groups is 1. The van der Waals surface area contributed by atoms with Crippen LogP contribution in [0.2, 0.25) is 0 Å². The van der Waals surface area contributed by atoms with Gasteiger partial charge in [-0.2, -0.15) is 0 Å². The third kappa shape index (κ3) is 3.61. The molecule has 0 saturated carbocycles. The van der Waals surface area contributed by atoms with Gasteiger partial charge in [0.15, 0.2) is 8.93 Å². The van der Waals surface area contributed by atoms with Crippen molar-refractivity contribution in [1.29, 1.82) is 0 Å². The molecule has 6 heteroatoms. The normalized spacial score (nSPS) is 17.4. The van der Waals surface area contributed by atoms with Gasteiger partial charge in [0.25, 0.3) is 5.91 Å². The maximum Gasteiger partial charge on any atom is 0.271 e. The molecule has 1 amide bonds. The molecular weight excluding hydrogens is 459 g/mol. The lowest BCUT2D eigenvalue weighted by Gasteiger charge is -2.15. The minimum Gasteiger partial charge on any atom is -0.451 e. The fourth-order valence-electron chi connectivity index (χ4n) is 2.50. The Labute approximate surface area is 168 Å². The third-order valence-electron chi connectivity index (χ3n) is 3.67. The Morgan fingerprint density at radius 2 is 1.65 bits per heavy atom. The van der Waals surface area contributed by atoms with Crippen molar-refractivity contribution in [1.82, 2.24) is 0 Å². The van der Waals surface area contributed by atoms with E-state index >= 15 is 0 Å². The molecule has 0 N–H and O–H groups in total. The number of furan rings is 1. The fourth-order valence-corrected chi connectivity index (χ4v) is 3.92. The van der Waals surface area contributed by atoms with Crippen LogP contribution in [-0.2, 0) is 4.79 Å². The van der Waals surface area contributed by atoms with E-state index in [0.717, 1.165) is 15.1 Å². The van der Waals surface area contributed by atoms with E-state index in [4.69, 9.17) is 4.42 Å². The van der Waals surface area contributed by atoms with Crippen molar-refractivity contribution in [3.05, 3.63) is 87.2 Å². The van der Waals surface area contributed by atoms with Gasteiger partial charge >= 0.3 is 0 Å². The number of carbonyl (C=O) groups excluding carboxylic acids is 1. The minimum atomic E-state index is -0.109. The van der Waals surface area contributed by atoms with Crippen molar-refractivity contribution in [3.63, 3.8) is 0 Å². The molecule has 1 aromatic heterocycles. The van der Waals surface area contributed by atoms with E-state index in [1.165, 1.54) is 11.8 Å². The van der Waals surface area contributed by atoms with Gasteiger partial charge in [0.1, 0.15) is 5.76 Å². The third-order valence-corrected chi connectivity index (χ3v) is 5.22. The number of aliphatic imine (C=N–C) groups is 1.